The zero-order valence-corrected chi connectivity index (χ0v) is 12.6. The summed E-state index contributed by atoms with van der Waals surface area (Å²) in [7, 11) is -2.74. The van der Waals surface area contributed by atoms with Crippen molar-refractivity contribution in [1.82, 2.24) is 4.31 Å². The quantitative estimate of drug-likeness (QED) is 0.842. The molecule has 2 N–H and O–H groups in total. The molecular weight excluding hydrogens is 318 g/mol. The number of hydrogen-bond acceptors (Lipinski definition) is 4. The Morgan fingerprint density at radius 1 is 1.41 bits per heavy atom. The maximum Gasteiger partial charge on any atom is 0.235 e. The van der Waals surface area contributed by atoms with Crippen LogP contribution in [0, 0.1) is 11.6 Å². The molecule has 122 valence electrons. The van der Waals surface area contributed by atoms with E-state index in [9.17, 15) is 22.0 Å². The summed E-state index contributed by atoms with van der Waals surface area (Å²) >= 11 is 0. The molecule has 1 heterocycles. The van der Waals surface area contributed by atoms with E-state index in [0.717, 1.165) is 22.5 Å². The second kappa shape index (κ2) is 6.27. The van der Waals surface area contributed by atoms with Crippen LogP contribution in [0.1, 0.15) is 12.0 Å². The number of benzene rings is 1. The minimum absolute atomic E-state index is 0.0808. The summed E-state index contributed by atoms with van der Waals surface area (Å²) in [5, 5.41) is 0. The smallest absolute Gasteiger partial charge is 0.235 e. The van der Waals surface area contributed by atoms with Crippen LogP contribution in [0.5, 0.6) is 0 Å². The van der Waals surface area contributed by atoms with E-state index in [-0.39, 0.29) is 13.0 Å². The van der Waals surface area contributed by atoms with E-state index >= 15 is 0 Å². The lowest BCUT2D eigenvalue weighted by molar-refractivity contribution is -0.121. The molecule has 2 rings (SSSR count). The lowest BCUT2D eigenvalue weighted by atomic mass is 10.2. The first-order chi connectivity index (χ1) is 10.3. The van der Waals surface area contributed by atoms with Gasteiger partial charge in [-0.15, -0.1) is 0 Å². The van der Waals surface area contributed by atoms with Crippen LogP contribution in [0.25, 0.3) is 0 Å². The zero-order valence-electron chi connectivity index (χ0n) is 11.8. The fourth-order valence-corrected chi connectivity index (χ4v) is 4.22. The first-order valence-corrected chi connectivity index (χ1v) is 8.11. The van der Waals surface area contributed by atoms with Crippen LogP contribution < -0.4 is 5.73 Å². The number of hydrogen-bond donors (Lipinski definition) is 1. The van der Waals surface area contributed by atoms with E-state index in [4.69, 9.17) is 10.5 Å². The molecule has 2 atom stereocenters. The van der Waals surface area contributed by atoms with Gasteiger partial charge in [-0.3, -0.25) is 4.79 Å². The molecule has 0 saturated carbocycles. The van der Waals surface area contributed by atoms with Crippen molar-refractivity contribution in [1.29, 1.82) is 0 Å². The molecule has 0 bridgehead atoms. The van der Waals surface area contributed by atoms with Gasteiger partial charge in [0.15, 0.2) is 0 Å². The van der Waals surface area contributed by atoms with E-state index in [1.54, 1.807) is 0 Å². The molecule has 6 nitrogen and oxygen atoms in total. The molecule has 0 aliphatic carbocycles. The van der Waals surface area contributed by atoms with E-state index in [1.165, 1.54) is 7.11 Å². The third-order valence-electron chi connectivity index (χ3n) is 3.62. The van der Waals surface area contributed by atoms with Crippen molar-refractivity contribution in [3.63, 3.8) is 0 Å². The number of rotatable bonds is 5. The largest absolute Gasteiger partial charge is 0.380 e. The van der Waals surface area contributed by atoms with Crippen LogP contribution in [0.15, 0.2) is 18.2 Å². The molecule has 1 saturated heterocycles. The van der Waals surface area contributed by atoms with Gasteiger partial charge in [0.05, 0.1) is 11.9 Å². The number of amides is 1. The first-order valence-electron chi connectivity index (χ1n) is 6.50. The maximum atomic E-state index is 13.6. The number of methoxy groups -OCH3 is 1. The van der Waals surface area contributed by atoms with Crippen molar-refractivity contribution in [2.45, 2.75) is 24.3 Å². The Balaban J connectivity index is 2.31. The number of carbonyl (C=O) groups is 1. The Labute approximate surface area is 126 Å². The maximum absolute atomic E-state index is 13.6. The van der Waals surface area contributed by atoms with Gasteiger partial charge in [-0.25, -0.2) is 17.2 Å². The fourth-order valence-electron chi connectivity index (χ4n) is 2.44. The number of sulfonamides is 1. The molecule has 1 aliphatic heterocycles. The standard InChI is InChI=1S/C13H16F2N2O4S/c1-21-8-5-12(13(16)18)17(6-8)22(19,20)7-9-10(14)3-2-4-11(9)15/h2-4,8,12H,5-7H2,1H3,(H2,16,18)/t8-,12-/m0/s1. The highest BCUT2D eigenvalue weighted by molar-refractivity contribution is 7.88. The van der Waals surface area contributed by atoms with Crippen LogP contribution in [-0.4, -0.2) is 44.4 Å². The van der Waals surface area contributed by atoms with Gasteiger partial charge in [0, 0.05) is 25.6 Å². The van der Waals surface area contributed by atoms with E-state index < -0.39 is 51.0 Å². The van der Waals surface area contributed by atoms with Crippen LogP contribution in [0.2, 0.25) is 0 Å². The number of primary amides is 1. The van der Waals surface area contributed by atoms with E-state index in [0.29, 0.717) is 0 Å². The van der Waals surface area contributed by atoms with Crippen LogP contribution in [0.4, 0.5) is 8.78 Å². The van der Waals surface area contributed by atoms with E-state index in [1.807, 2.05) is 0 Å². The van der Waals surface area contributed by atoms with Gasteiger partial charge >= 0.3 is 0 Å². The van der Waals surface area contributed by atoms with Crippen LogP contribution in [0.3, 0.4) is 0 Å². The van der Waals surface area contributed by atoms with Gasteiger partial charge < -0.3 is 10.5 Å². The van der Waals surface area contributed by atoms with Crippen molar-refractivity contribution >= 4 is 15.9 Å². The highest BCUT2D eigenvalue weighted by Gasteiger charge is 2.43. The van der Waals surface area contributed by atoms with Crippen molar-refractivity contribution in [2.75, 3.05) is 13.7 Å². The summed E-state index contributed by atoms with van der Waals surface area (Å²) in [5.41, 5.74) is 4.64. The van der Waals surface area contributed by atoms with Gasteiger partial charge in [-0.1, -0.05) is 6.07 Å². The molecule has 0 spiro atoms. The minimum atomic E-state index is -4.12. The molecule has 1 aliphatic rings. The molecular formula is C13H16F2N2O4S. The van der Waals surface area contributed by atoms with Gasteiger partial charge in [0.2, 0.25) is 15.9 Å². The summed E-state index contributed by atoms with van der Waals surface area (Å²) in [6.07, 6.45) is -0.372. The molecule has 1 amide bonds. The van der Waals surface area contributed by atoms with Crippen molar-refractivity contribution in [3.05, 3.63) is 35.4 Å². The average Bonchev–Trinajstić information content (AvgIpc) is 2.88. The van der Waals surface area contributed by atoms with Gasteiger partial charge in [0.25, 0.3) is 0 Å². The Hall–Kier alpha value is -1.58. The summed E-state index contributed by atoms with van der Waals surface area (Å²) in [4.78, 5) is 11.4. The Morgan fingerprint density at radius 3 is 2.50 bits per heavy atom. The predicted octanol–water partition coefficient (Wildman–Crippen LogP) is 0.369. The van der Waals surface area contributed by atoms with Crippen LogP contribution in [-0.2, 0) is 25.3 Å². The normalized spacial score (nSPS) is 22.9. The summed E-state index contributed by atoms with van der Waals surface area (Å²) < 4.78 is 58.0. The predicted molar refractivity (Wildman–Crippen MR) is 74.1 cm³/mol. The topological polar surface area (TPSA) is 89.7 Å². The second-order valence-electron chi connectivity index (χ2n) is 5.04. The Morgan fingerprint density at radius 2 is 2.00 bits per heavy atom. The monoisotopic (exact) mass is 334 g/mol. The van der Waals surface area contributed by atoms with E-state index in [2.05, 4.69) is 0 Å². The second-order valence-corrected chi connectivity index (χ2v) is 6.96. The zero-order chi connectivity index (χ0) is 16.5. The number of nitrogens with two attached hydrogens (primary N) is 1. The van der Waals surface area contributed by atoms with Gasteiger partial charge in [-0.2, -0.15) is 4.31 Å². The molecule has 1 aromatic carbocycles. The van der Waals surface area contributed by atoms with Crippen LogP contribution >= 0.6 is 0 Å². The first kappa shape index (κ1) is 16.8. The molecule has 1 aromatic rings. The lowest BCUT2D eigenvalue weighted by Crippen LogP contribution is -2.44. The SMILES string of the molecule is CO[C@H]1C[C@@H](C(N)=O)N(S(=O)(=O)Cc2c(F)cccc2F)C1. The lowest BCUT2D eigenvalue weighted by Gasteiger charge is -2.21. The van der Waals surface area contributed by atoms with Crippen molar-refractivity contribution < 1.29 is 26.7 Å². The number of ether oxygens (including phenoxy) is 1. The Bertz CT molecular complexity index is 660. The average molecular weight is 334 g/mol. The summed E-state index contributed by atoms with van der Waals surface area (Å²) in [5.74, 6) is -3.62. The van der Waals surface area contributed by atoms with Crippen molar-refractivity contribution in [3.8, 4) is 0 Å². The number of halogens is 2. The highest BCUT2D eigenvalue weighted by atomic mass is 32.2. The fraction of sp³-hybridized carbons (Fsp3) is 0.462. The summed E-state index contributed by atoms with van der Waals surface area (Å²) in [6.45, 7) is -0.0808. The number of carbonyl (C=O) groups excluding carboxylic acids is 1. The molecule has 1 fully saturated rings. The molecule has 0 unspecified atom stereocenters. The highest BCUT2D eigenvalue weighted by Crippen LogP contribution is 2.26. The Kier molecular flexibility index (Phi) is 4.78. The third-order valence-corrected chi connectivity index (χ3v) is 5.40. The van der Waals surface area contributed by atoms with Gasteiger partial charge in [-0.05, 0) is 12.1 Å². The summed E-state index contributed by atoms with van der Waals surface area (Å²) in [6, 6.07) is 2.01. The van der Waals surface area contributed by atoms with Crippen molar-refractivity contribution in [2.24, 2.45) is 5.73 Å². The molecule has 22 heavy (non-hydrogen) atoms. The molecule has 9 heteroatoms. The molecule has 0 aromatic heterocycles. The third kappa shape index (κ3) is 3.26. The number of nitrogens with zero attached hydrogens (tertiary/aromatic N) is 1. The van der Waals surface area contributed by atoms with Gasteiger partial charge in [0.1, 0.15) is 17.7 Å². The molecule has 0 radical (unpaired) electrons. The minimum Gasteiger partial charge on any atom is -0.380 e.